The van der Waals surface area contributed by atoms with E-state index in [0.717, 1.165) is 39.4 Å². The molecule has 0 radical (unpaired) electrons. The molecule has 0 N–H and O–H groups in total. The smallest absolute Gasteiger partial charge is 0.0714 e. The van der Waals surface area contributed by atoms with Crippen LogP contribution in [0, 0.1) is 0 Å². The monoisotopic (exact) mass is 1020 g/mol. The summed E-state index contributed by atoms with van der Waals surface area (Å²) >= 11 is 0. The molecule has 2 heteroatoms. The van der Waals surface area contributed by atoms with Crippen LogP contribution in [0.4, 0.5) is 17.1 Å². The average molecular weight is 1020 g/mol. The van der Waals surface area contributed by atoms with Crippen molar-refractivity contribution < 1.29 is 0 Å². The summed E-state index contributed by atoms with van der Waals surface area (Å²) in [4.78, 5) is 2.49. The Bertz CT molecular complexity index is 4620. The molecule has 2 nitrogen and oxygen atoms in total. The van der Waals surface area contributed by atoms with Crippen LogP contribution < -0.4 is 4.90 Å². The molecule has 1 aromatic heterocycles. The summed E-state index contributed by atoms with van der Waals surface area (Å²) in [6.45, 7) is 0. The molecule has 2 aliphatic carbocycles. The van der Waals surface area contributed by atoms with E-state index in [2.05, 4.69) is 325 Å². The minimum atomic E-state index is -0.544. The lowest BCUT2D eigenvalue weighted by Gasteiger charge is -2.35. The second-order valence-corrected chi connectivity index (χ2v) is 21.5. The highest BCUT2D eigenvalue weighted by atomic mass is 15.1. The predicted molar refractivity (Wildman–Crippen MR) is 333 cm³/mol. The lowest BCUT2D eigenvalue weighted by molar-refractivity contribution is 0.767. The van der Waals surface area contributed by atoms with Crippen LogP contribution in [0.5, 0.6) is 0 Å². The molecule has 374 valence electrons. The van der Waals surface area contributed by atoms with Gasteiger partial charge in [-0.05, 0) is 138 Å². The Balaban J connectivity index is 0.890. The fourth-order valence-corrected chi connectivity index (χ4v) is 14.2. The normalized spacial score (nSPS) is 13.4. The third kappa shape index (κ3) is 6.66. The molecule has 2 aliphatic rings. The highest BCUT2D eigenvalue weighted by Crippen LogP contribution is 2.59. The molecule has 0 fully saturated rings. The van der Waals surface area contributed by atoms with Gasteiger partial charge in [0.2, 0.25) is 0 Å². The van der Waals surface area contributed by atoms with Gasteiger partial charge in [0.15, 0.2) is 0 Å². The standard InChI is InChI=1S/C78H52N2/c1-5-26-56(27-6-1)77(57-28-7-2-8-29-57)70-39-18-15-36-64(70)66-47-44-61(51-72(66)77)79(74-42-22-24-53-23-13-14-35-63(53)74)60-34-21-25-54(49-60)55-43-46-69-68-38-17-20-41-75(68)80(76(69)50-55)62-45-48-67-65-37-16-19-40-71(65)78(73(67)52-62,58-30-9-3-10-31-58)59-32-11-4-12-33-59/h1-52H. The highest BCUT2D eigenvalue weighted by Gasteiger charge is 2.48. The number of hydrogen-bond acceptors (Lipinski definition) is 1. The van der Waals surface area contributed by atoms with E-state index < -0.39 is 10.8 Å². The molecule has 80 heavy (non-hydrogen) atoms. The first-order valence-corrected chi connectivity index (χ1v) is 27.8. The van der Waals surface area contributed by atoms with Crippen molar-refractivity contribution >= 4 is 49.6 Å². The Labute approximate surface area is 466 Å². The fourth-order valence-electron chi connectivity index (χ4n) is 14.2. The van der Waals surface area contributed by atoms with Gasteiger partial charge in [-0.1, -0.05) is 261 Å². The maximum atomic E-state index is 2.50. The third-order valence-corrected chi connectivity index (χ3v) is 17.5. The summed E-state index contributed by atoms with van der Waals surface area (Å²) in [5.74, 6) is 0. The number of hydrogen-bond donors (Lipinski definition) is 0. The van der Waals surface area contributed by atoms with E-state index in [0.29, 0.717) is 0 Å². The lowest BCUT2D eigenvalue weighted by atomic mass is 9.67. The van der Waals surface area contributed by atoms with Crippen LogP contribution in [0.25, 0.3) is 71.6 Å². The molecule has 0 bridgehead atoms. The molecule has 0 amide bonds. The summed E-state index contributed by atoms with van der Waals surface area (Å²) in [5.41, 5.74) is 23.2. The molecule has 0 saturated heterocycles. The SMILES string of the molecule is c1ccc(C2(c3ccccc3)c3ccccc3-c3ccc(N(c4cccc(-c5ccc6c7ccccc7n(-c7ccc8c(c7)C(c7ccccc7)(c7ccccc7)c7ccccc7-8)c6c5)c4)c4cccc5ccccc45)cc32)cc1. The van der Waals surface area contributed by atoms with E-state index in [1.807, 2.05) is 0 Å². The number of aromatic nitrogens is 1. The zero-order valence-electron chi connectivity index (χ0n) is 43.9. The van der Waals surface area contributed by atoms with E-state index in [-0.39, 0.29) is 0 Å². The molecule has 0 atom stereocenters. The predicted octanol–water partition coefficient (Wildman–Crippen LogP) is 19.8. The zero-order valence-corrected chi connectivity index (χ0v) is 43.9. The van der Waals surface area contributed by atoms with E-state index in [9.17, 15) is 0 Å². The molecule has 14 aromatic rings. The minimum absolute atomic E-state index is 0.516. The van der Waals surface area contributed by atoms with Crippen LogP contribution >= 0.6 is 0 Å². The van der Waals surface area contributed by atoms with Crippen LogP contribution in [-0.2, 0) is 10.8 Å². The Hall–Kier alpha value is -10.3. The third-order valence-electron chi connectivity index (χ3n) is 17.5. The number of para-hydroxylation sites is 1. The molecular weight excluding hydrogens is 965 g/mol. The van der Waals surface area contributed by atoms with Crippen LogP contribution in [0.3, 0.4) is 0 Å². The van der Waals surface area contributed by atoms with Crippen molar-refractivity contribution in [3.8, 4) is 39.1 Å². The van der Waals surface area contributed by atoms with Crippen LogP contribution in [0.15, 0.2) is 315 Å². The van der Waals surface area contributed by atoms with E-state index in [1.54, 1.807) is 0 Å². The number of nitrogens with zero attached hydrogens (tertiary/aromatic N) is 2. The Morgan fingerprint density at radius 2 is 0.725 bits per heavy atom. The number of rotatable bonds is 9. The van der Waals surface area contributed by atoms with Gasteiger partial charge in [0.05, 0.1) is 27.6 Å². The Kier molecular flexibility index (Phi) is 10.4. The van der Waals surface area contributed by atoms with Crippen LogP contribution in [0.1, 0.15) is 44.5 Å². The summed E-state index contributed by atoms with van der Waals surface area (Å²) < 4.78 is 2.50. The summed E-state index contributed by atoms with van der Waals surface area (Å²) in [6.07, 6.45) is 0. The van der Waals surface area contributed by atoms with Crippen molar-refractivity contribution in [2.24, 2.45) is 0 Å². The van der Waals surface area contributed by atoms with E-state index >= 15 is 0 Å². The largest absolute Gasteiger partial charge is 0.310 e. The van der Waals surface area contributed by atoms with Crippen molar-refractivity contribution in [3.63, 3.8) is 0 Å². The molecule has 0 spiro atoms. The van der Waals surface area contributed by atoms with Gasteiger partial charge in [0.1, 0.15) is 0 Å². The van der Waals surface area contributed by atoms with E-state index in [4.69, 9.17) is 0 Å². The summed E-state index contributed by atoms with van der Waals surface area (Å²) in [6, 6.07) is 117. The molecule has 16 rings (SSSR count). The van der Waals surface area contributed by atoms with Crippen LogP contribution in [0.2, 0.25) is 0 Å². The van der Waals surface area contributed by atoms with Crippen molar-refractivity contribution in [1.29, 1.82) is 0 Å². The quantitative estimate of drug-likeness (QED) is 0.140. The van der Waals surface area contributed by atoms with Gasteiger partial charge in [0, 0.05) is 33.2 Å². The highest BCUT2D eigenvalue weighted by molar-refractivity contribution is 6.10. The molecular formula is C78H52N2. The van der Waals surface area contributed by atoms with Gasteiger partial charge in [-0.2, -0.15) is 0 Å². The maximum Gasteiger partial charge on any atom is 0.0714 e. The van der Waals surface area contributed by atoms with Crippen molar-refractivity contribution in [2.75, 3.05) is 4.90 Å². The summed E-state index contributed by atoms with van der Waals surface area (Å²) in [5, 5.41) is 4.83. The summed E-state index contributed by atoms with van der Waals surface area (Å²) in [7, 11) is 0. The fraction of sp³-hybridized carbons (Fsp3) is 0.0256. The van der Waals surface area contributed by atoms with Crippen molar-refractivity contribution in [1.82, 2.24) is 4.57 Å². The van der Waals surface area contributed by atoms with Gasteiger partial charge in [-0.3, -0.25) is 0 Å². The second kappa shape index (κ2) is 18.2. The molecule has 1 heterocycles. The number of anilines is 3. The number of benzene rings is 13. The van der Waals surface area contributed by atoms with Gasteiger partial charge >= 0.3 is 0 Å². The number of fused-ring (bicyclic) bond motifs is 10. The van der Waals surface area contributed by atoms with Gasteiger partial charge in [-0.25, -0.2) is 0 Å². The first-order chi connectivity index (χ1) is 39.7. The van der Waals surface area contributed by atoms with Gasteiger partial charge in [-0.15, -0.1) is 0 Å². The molecule has 0 unspecified atom stereocenters. The van der Waals surface area contributed by atoms with Gasteiger partial charge < -0.3 is 9.47 Å². The van der Waals surface area contributed by atoms with E-state index in [1.165, 1.54) is 93.8 Å². The molecule has 0 saturated carbocycles. The van der Waals surface area contributed by atoms with Gasteiger partial charge in [0.25, 0.3) is 0 Å². The average Bonchev–Trinajstić information content (AvgIpc) is 3.92. The lowest BCUT2D eigenvalue weighted by Crippen LogP contribution is -2.28. The topological polar surface area (TPSA) is 8.17 Å². The Morgan fingerprint density at radius 3 is 1.36 bits per heavy atom. The first kappa shape index (κ1) is 45.9. The van der Waals surface area contributed by atoms with Crippen molar-refractivity contribution in [2.45, 2.75) is 10.8 Å². The maximum absolute atomic E-state index is 2.50. The van der Waals surface area contributed by atoms with Crippen LogP contribution in [-0.4, -0.2) is 4.57 Å². The zero-order chi connectivity index (χ0) is 52.8. The second-order valence-electron chi connectivity index (χ2n) is 21.5. The molecule has 0 aliphatic heterocycles. The minimum Gasteiger partial charge on any atom is -0.310 e. The first-order valence-electron chi connectivity index (χ1n) is 27.8. The molecule has 13 aromatic carbocycles. The van der Waals surface area contributed by atoms with Crippen molar-refractivity contribution in [3.05, 3.63) is 360 Å². The Morgan fingerprint density at radius 1 is 0.263 bits per heavy atom.